The summed E-state index contributed by atoms with van der Waals surface area (Å²) in [7, 11) is 1.53. The summed E-state index contributed by atoms with van der Waals surface area (Å²) in [6.45, 7) is 0.535. The number of benzene rings is 1. The van der Waals surface area contributed by atoms with Crippen LogP contribution in [0.1, 0.15) is 15.2 Å². The predicted octanol–water partition coefficient (Wildman–Crippen LogP) is 3.91. The molecule has 1 N–H and O–H groups in total. The Hall–Kier alpha value is -3.39. The summed E-state index contributed by atoms with van der Waals surface area (Å²) >= 11 is 1.62. The Bertz CT molecular complexity index is 1040. The molecule has 0 atom stereocenters. The lowest BCUT2D eigenvalue weighted by atomic mass is 10.2. The second-order valence-corrected chi connectivity index (χ2v) is 6.62. The number of hydrogen-bond acceptors (Lipinski definition) is 7. The molecule has 1 aromatic carbocycles. The molecule has 0 saturated carbocycles. The highest BCUT2D eigenvalue weighted by atomic mass is 32.1. The van der Waals surface area contributed by atoms with Crippen LogP contribution in [0.3, 0.4) is 0 Å². The van der Waals surface area contributed by atoms with Gasteiger partial charge in [-0.15, -0.1) is 16.4 Å². The summed E-state index contributed by atoms with van der Waals surface area (Å²) in [5.74, 6) is 1.29. The van der Waals surface area contributed by atoms with E-state index in [9.17, 15) is 4.79 Å². The second kappa shape index (κ2) is 7.46. The first-order chi connectivity index (χ1) is 13.3. The molecule has 27 heavy (non-hydrogen) atoms. The molecule has 0 aliphatic carbocycles. The number of carbonyl (C=O) groups is 1. The van der Waals surface area contributed by atoms with Crippen molar-refractivity contribution >= 4 is 23.2 Å². The Morgan fingerprint density at radius 3 is 2.85 bits per heavy atom. The van der Waals surface area contributed by atoms with E-state index in [0.29, 0.717) is 35.4 Å². The zero-order valence-electron chi connectivity index (χ0n) is 14.5. The zero-order chi connectivity index (χ0) is 18.6. The summed E-state index contributed by atoms with van der Waals surface area (Å²) < 4.78 is 11.9. The van der Waals surface area contributed by atoms with Gasteiger partial charge in [0.2, 0.25) is 11.8 Å². The van der Waals surface area contributed by atoms with Crippen LogP contribution >= 0.6 is 11.3 Å². The Balaban J connectivity index is 1.72. The van der Waals surface area contributed by atoms with E-state index in [1.165, 1.54) is 18.1 Å². The van der Waals surface area contributed by atoms with Gasteiger partial charge in [0.15, 0.2) is 5.76 Å². The van der Waals surface area contributed by atoms with Crippen molar-refractivity contribution in [2.75, 3.05) is 12.4 Å². The van der Waals surface area contributed by atoms with E-state index in [0.717, 1.165) is 4.88 Å². The van der Waals surface area contributed by atoms with Crippen molar-refractivity contribution in [3.05, 3.63) is 70.6 Å². The van der Waals surface area contributed by atoms with E-state index >= 15 is 0 Å². The highest BCUT2D eigenvalue weighted by Crippen LogP contribution is 2.23. The molecule has 0 radical (unpaired) electrons. The quantitative estimate of drug-likeness (QED) is 0.546. The average molecular weight is 380 g/mol. The fourth-order valence-electron chi connectivity index (χ4n) is 2.59. The Kier molecular flexibility index (Phi) is 4.71. The number of aromatic nitrogens is 3. The third-order valence-corrected chi connectivity index (χ3v) is 4.76. The van der Waals surface area contributed by atoms with Gasteiger partial charge >= 0.3 is 0 Å². The number of methoxy groups -OCH3 is 1. The van der Waals surface area contributed by atoms with Crippen molar-refractivity contribution in [1.82, 2.24) is 14.8 Å². The van der Waals surface area contributed by atoms with Gasteiger partial charge in [-0.05, 0) is 35.7 Å². The van der Waals surface area contributed by atoms with E-state index < -0.39 is 0 Å². The third-order valence-electron chi connectivity index (χ3n) is 3.88. The molecule has 0 unspecified atom stereocenters. The van der Waals surface area contributed by atoms with E-state index in [1.807, 2.05) is 17.5 Å². The summed E-state index contributed by atoms with van der Waals surface area (Å²) in [6.07, 6.45) is 1.54. The number of furan rings is 1. The van der Waals surface area contributed by atoms with Crippen molar-refractivity contribution < 1.29 is 13.9 Å². The summed E-state index contributed by atoms with van der Waals surface area (Å²) in [5.41, 5.74) is 0.398. The minimum absolute atomic E-state index is 0.330. The van der Waals surface area contributed by atoms with Crippen LogP contribution in [0, 0.1) is 0 Å². The molecule has 0 bridgehead atoms. The highest BCUT2D eigenvalue weighted by Gasteiger charge is 2.22. The average Bonchev–Trinajstić information content (AvgIpc) is 3.47. The van der Waals surface area contributed by atoms with Crippen LogP contribution < -0.4 is 10.1 Å². The number of carbonyl (C=O) groups excluding carboxylic acids is 1. The topological polar surface area (TPSA) is 82.2 Å². The second-order valence-electron chi connectivity index (χ2n) is 5.59. The van der Waals surface area contributed by atoms with Gasteiger partial charge in [0.1, 0.15) is 5.75 Å². The van der Waals surface area contributed by atoms with Crippen molar-refractivity contribution in [2.45, 2.75) is 6.54 Å². The number of thiophene rings is 1. The molecule has 0 aliphatic heterocycles. The molecular weight excluding hydrogens is 364 g/mol. The van der Waals surface area contributed by atoms with Crippen LogP contribution in [0.2, 0.25) is 0 Å². The zero-order valence-corrected chi connectivity index (χ0v) is 15.3. The number of nitrogens with zero attached hydrogens (tertiary/aromatic N) is 3. The van der Waals surface area contributed by atoms with E-state index in [4.69, 9.17) is 9.15 Å². The first-order valence-corrected chi connectivity index (χ1v) is 9.09. The van der Waals surface area contributed by atoms with Crippen molar-refractivity contribution in [3.63, 3.8) is 0 Å². The lowest BCUT2D eigenvalue weighted by Gasteiger charge is -2.09. The molecule has 4 aromatic rings. The predicted molar refractivity (Wildman–Crippen MR) is 102 cm³/mol. The lowest BCUT2D eigenvalue weighted by molar-refractivity contribution is 0.0944. The van der Waals surface area contributed by atoms with Crippen molar-refractivity contribution in [3.8, 4) is 17.3 Å². The monoisotopic (exact) mass is 380 g/mol. The lowest BCUT2D eigenvalue weighted by Crippen LogP contribution is -2.18. The number of para-hydroxylation sites is 1. The Labute approximate surface area is 159 Å². The minimum atomic E-state index is -0.341. The van der Waals surface area contributed by atoms with Gasteiger partial charge in [0.25, 0.3) is 5.91 Å². The molecule has 3 aromatic heterocycles. The first-order valence-electron chi connectivity index (χ1n) is 8.21. The van der Waals surface area contributed by atoms with Crippen molar-refractivity contribution in [2.24, 2.45) is 0 Å². The molecule has 3 heterocycles. The van der Waals surface area contributed by atoms with Gasteiger partial charge in [0.05, 0.1) is 25.5 Å². The third kappa shape index (κ3) is 3.47. The largest absolute Gasteiger partial charge is 0.496 e. The van der Waals surface area contributed by atoms with Gasteiger partial charge in [0, 0.05) is 4.88 Å². The number of nitrogens with one attached hydrogen (secondary N) is 1. The first kappa shape index (κ1) is 17.0. The van der Waals surface area contributed by atoms with Gasteiger partial charge in [-0.2, -0.15) is 9.67 Å². The SMILES string of the molecule is COc1ccccc1C(=O)n1nc(-c2ccco2)nc1NCc1cccs1. The van der Waals surface area contributed by atoms with E-state index in [1.54, 1.807) is 47.7 Å². The van der Waals surface area contributed by atoms with Gasteiger partial charge in [-0.3, -0.25) is 4.79 Å². The minimum Gasteiger partial charge on any atom is -0.496 e. The molecule has 0 spiro atoms. The van der Waals surface area contributed by atoms with Crippen LogP contribution in [-0.2, 0) is 6.54 Å². The van der Waals surface area contributed by atoms with Crippen LogP contribution in [0.15, 0.2) is 64.6 Å². The van der Waals surface area contributed by atoms with Crippen LogP contribution in [0.4, 0.5) is 5.95 Å². The Morgan fingerprint density at radius 2 is 2.11 bits per heavy atom. The summed E-state index contributed by atoms with van der Waals surface area (Å²) in [6, 6.07) is 14.5. The summed E-state index contributed by atoms with van der Waals surface area (Å²) in [5, 5.41) is 9.53. The maximum absolute atomic E-state index is 13.1. The molecule has 0 fully saturated rings. The van der Waals surface area contributed by atoms with Crippen LogP contribution in [-0.4, -0.2) is 27.8 Å². The van der Waals surface area contributed by atoms with Gasteiger partial charge < -0.3 is 14.5 Å². The molecular formula is C19H16N4O3S. The molecule has 0 aliphatic rings. The van der Waals surface area contributed by atoms with E-state index in [2.05, 4.69) is 15.4 Å². The van der Waals surface area contributed by atoms with Crippen LogP contribution in [0.25, 0.3) is 11.6 Å². The number of ether oxygens (including phenoxy) is 1. The number of anilines is 1. The van der Waals surface area contributed by atoms with Gasteiger partial charge in [-0.25, -0.2) is 0 Å². The maximum Gasteiger partial charge on any atom is 0.285 e. The number of hydrogen-bond donors (Lipinski definition) is 1. The smallest absolute Gasteiger partial charge is 0.285 e. The molecule has 7 nitrogen and oxygen atoms in total. The molecule has 4 rings (SSSR count). The highest BCUT2D eigenvalue weighted by molar-refractivity contribution is 7.09. The molecule has 136 valence electrons. The number of rotatable bonds is 6. The van der Waals surface area contributed by atoms with E-state index in [-0.39, 0.29) is 5.91 Å². The molecule has 0 saturated heterocycles. The standard InChI is InChI=1S/C19H16N4O3S/c1-25-15-8-3-2-7-14(15)18(24)23-19(20-12-13-6-5-11-27-13)21-17(22-23)16-9-4-10-26-16/h2-11H,12H2,1H3,(H,20,21,22). The fraction of sp³-hybridized carbons (Fsp3) is 0.105. The summed E-state index contributed by atoms with van der Waals surface area (Å²) in [4.78, 5) is 18.7. The van der Waals surface area contributed by atoms with Gasteiger partial charge in [-0.1, -0.05) is 18.2 Å². The van der Waals surface area contributed by atoms with Crippen LogP contribution in [0.5, 0.6) is 5.75 Å². The molecule has 0 amide bonds. The fourth-order valence-corrected chi connectivity index (χ4v) is 3.24. The normalized spacial score (nSPS) is 10.7. The van der Waals surface area contributed by atoms with Crippen molar-refractivity contribution in [1.29, 1.82) is 0 Å². The Morgan fingerprint density at radius 1 is 1.22 bits per heavy atom. The maximum atomic E-state index is 13.1. The molecule has 8 heteroatoms.